The van der Waals surface area contributed by atoms with Crippen LogP contribution < -0.4 is 15.4 Å². The maximum atomic E-state index is 12.9. The van der Waals surface area contributed by atoms with Gasteiger partial charge in [0, 0.05) is 63.5 Å². The number of amides is 2. The molecule has 1 saturated heterocycles. The van der Waals surface area contributed by atoms with Crippen molar-refractivity contribution in [2.75, 3.05) is 38.0 Å². The van der Waals surface area contributed by atoms with E-state index in [0.717, 1.165) is 63.2 Å². The highest BCUT2D eigenvalue weighted by Gasteiger charge is 2.24. The van der Waals surface area contributed by atoms with E-state index < -0.39 is 6.10 Å². The number of nitrogens with zero attached hydrogens (tertiary/aromatic N) is 4. The number of aliphatic hydroxyl groups is 1. The minimum atomic E-state index is -0.698. The number of ether oxygens (including phenoxy) is 1. The number of nitrogens with one attached hydrogen (secondary N) is 2. The third kappa shape index (κ3) is 8.11. The van der Waals surface area contributed by atoms with Crippen molar-refractivity contribution in [3.8, 4) is 5.75 Å². The van der Waals surface area contributed by atoms with Crippen LogP contribution in [0.2, 0.25) is 0 Å². The summed E-state index contributed by atoms with van der Waals surface area (Å²) in [5.74, 6) is 2.13. The Hall–Kier alpha value is -3.96. The molecule has 3 N–H and O–H groups in total. The number of piperidine rings is 1. The van der Waals surface area contributed by atoms with E-state index in [0.29, 0.717) is 36.7 Å². The van der Waals surface area contributed by atoms with Crippen molar-refractivity contribution in [2.45, 2.75) is 71.2 Å². The van der Waals surface area contributed by atoms with Gasteiger partial charge in [0.05, 0.1) is 12.3 Å². The number of anilines is 1. The molecule has 43 heavy (non-hydrogen) atoms. The smallest absolute Gasteiger partial charge is 0.251 e. The summed E-state index contributed by atoms with van der Waals surface area (Å²) in [4.78, 5) is 37.5. The number of likely N-dealkylation sites (tertiary alicyclic amines) is 1. The average Bonchev–Trinajstić information content (AvgIpc) is 3.54. The van der Waals surface area contributed by atoms with Crippen molar-refractivity contribution < 1.29 is 23.8 Å². The van der Waals surface area contributed by atoms with Gasteiger partial charge >= 0.3 is 0 Å². The largest absolute Gasteiger partial charge is 0.485 e. The van der Waals surface area contributed by atoms with Crippen LogP contribution in [0.3, 0.4) is 0 Å². The zero-order valence-electron chi connectivity index (χ0n) is 25.1. The number of hydrogen-bond acceptors (Lipinski definition) is 9. The van der Waals surface area contributed by atoms with Crippen LogP contribution in [0.1, 0.15) is 65.4 Å². The molecule has 2 aromatic heterocycles. The fourth-order valence-electron chi connectivity index (χ4n) is 5.83. The molecule has 3 aromatic rings. The number of aliphatic hydroxyl groups excluding tert-OH is 1. The quantitative estimate of drug-likeness (QED) is 0.291. The molecule has 0 radical (unpaired) electrons. The van der Waals surface area contributed by atoms with Crippen molar-refractivity contribution in [3.05, 3.63) is 71.1 Å². The molecule has 0 saturated carbocycles. The first-order valence-corrected chi connectivity index (χ1v) is 15.2. The van der Waals surface area contributed by atoms with Crippen molar-refractivity contribution in [3.63, 3.8) is 0 Å². The highest BCUT2D eigenvalue weighted by atomic mass is 16.5. The molecule has 11 heteroatoms. The predicted molar refractivity (Wildman–Crippen MR) is 162 cm³/mol. The SMILES string of the molecule is CCCC(=O)N1CCC(Nc2cc(C(=O)NCC(O)CN3CCc4c(ccc(OCc5cnco5)c4C)C3)ccn2)CC1. The van der Waals surface area contributed by atoms with Gasteiger partial charge in [-0.25, -0.2) is 9.97 Å². The van der Waals surface area contributed by atoms with Gasteiger partial charge in [-0.3, -0.25) is 14.5 Å². The van der Waals surface area contributed by atoms with Gasteiger partial charge < -0.3 is 29.8 Å². The van der Waals surface area contributed by atoms with Gasteiger partial charge in [0.25, 0.3) is 5.91 Å². The third-order valence-corrected chi connectivity index (χ3v) is 8.22. The number of aromatic nitrogens is 2. The molecule has 0 aliphatic carbocycles. The lowest BCUT2D eigenvalue weighted by Gasteiger charge is -2.32. The summed E-state index contributed by atoms with van der Waals surface area (Å²) >= 11 is 0. The summed E-state index contributed by atoms with van der Waals surface area (Å²) in [6, 6.07) is 7.69. The number of rotatable bonds is 12. The van der Waals surface area contributed by atoms with E-state index in [2.05, 4.69) is 38.5 Å². The normalized spacial score (nSPS) is 16.4. The second-order valence-corrected chi connectivity index (χ2v) is 11.4. The Bertz CT molecular complexity index is 1370. The van der Waals surface area contributed by atoms with Gasteiger partial charge in [-0.05, 0) is 67.5 Å². The summed E-state index contributed by atoms with van der Waals surface area (Å²) in [5, 5.41) is 17.0. The molecule has 0 bridgehead atoms. The molecule has 2 amide bonds. The molecule has 5 rings (SSSR count). The van der Waals surface area contributed by atoms with E-state index >= 15 is 0 Å². The van der Waals surface area contributed by atoms with Crippen molar-refractivity contribution in [2.24, 2.45) is 0 Å². The van der Waals surface area contributed by atoms with E-state index in [1.54, 1.807) is 24.5 Å². The van der Waals surface area contributed by atoms with Gasteiger partial charge in [-0.15, -0.1) is 0 Å². The van der Waals surface area contributed by atoms with Crippen LogP contribution in [0.25, 0.3) is 0 Å². The standard InChI is InChI=1S/C32H42N6O5/c1-3-4-31(40)38-13-8-25(9-14-38)36-30-15-23(7-11-34-30)32(41)35-16-26(39)19-37-12-10-28-22(2)29(6-5-24(28)18-37)42-20-27-17-33-21-43-27/h5-7,11,15,17,21,25-26,39H,3-4,8-10,12-14,16,18-20H2,1-2H3,(H,34,36)(H,35,41). The number of hydrogen-bond donors (Lipinski definition) is 3. The maximum absolute atomic E-state index is 12.9. The van der Waals surface area contributed by atoms with Gasteiger partial charge in [0.15, 0.2) is 12.2 Å². The first kappa shape index (κ1) is 30.5. The molecule has 0 spiro atoms. The second-order valence-electron chi connectivity index (χ2n) is 11.4. The molecular formula is C32H42N6O5. The number of β-amino-alcohol motifs (C(OH)–C–C–N with tert-alkyl or cyclic N) is 1. The Morgan fingerprint density at radius 1 is 1.21 bits per heavy atom. The minimum absolute atomic E-state index is 0.158. The van der Waals surface area contributed by atoms with E-state index in [-0.39, 0.29) is 24.4 Å². The number of carbonyl (C=O) groups excluding carboxylic acids is 2. The lowest BCUT2D eigenvalue weighted by molar-refractivity contribution is -0.132. The van der Waals surface area contributed by atoms with Crippen LogP contribution in [0, 0.1) is 6.92 Å². The summed E-state index contributed by atoms with van der Waals surface area (Å²) in [7, 11) is 0. The monoisotopic (exact) mass is 590 g/mol. The van der Waals surface area contributed by atoms with Crippen molar-refractivity contribution >= 4 is 17.6 Å². The molecule has 11 nitrogen and oxygen atoms in total. The first-order chi connectivity index (χ1) is 20.9. The number of pyridine rings is 1. The summed E-state index contributed by atoms with van der Waals surface area (Å²) < 4.78 is 11.2. The molecule has 1 aromatic carbocycles. The maximum Gasteiger partial charge on any atom is 0.251 e. The highest BCUT2D eigenvalue weighted by Crippen LogP contribution is 2.30. The van der Waals surface area contributed by atoms with E-state index in [1.165, 1.54) is 17.5 Å². The number of benzene rings is 1. The first-order valence-electron chi connectivity index (χ1n) is 15.2. The Kier molecular flexibility index (Phi) is 10.3. The van der Waals surface area contributed by atoms with Gasteiger partial charge in [0.2, 0.25) is 5.91 Å². The van der Waals surface area contributed by atoms with Gasteiger partial charge in [0.1, 0.15) is 18.2 Å². The van der Waals surface area contributed by atoms with Crippen LogP contribution in [0.5, 0.6) is 5.75 Å². The van der Waals surface area contributed by atoms with Crippen LogP contribution in [0.15, 0.2) is 47.5 Å². The van der Waals surface area contributed by atoms with Crippen molar-refractivity contribution in [1.29, 1.82) is 0 Å². The molecule has 230 valence electrons. The topological polar surface area (TPSA) is 133 Å². The molecule has 2 aliphatic heterocycles. The van der Waals surface area contributed by atoms with Crippen LogP contribution >= 0.6 is 0 Å². The Morgan fingerprint density at radius 2 is 2.05 bits per heavy atom. The Morgan fingerprint density at radius 3 is 2.81 bits per heavy atom. The Balaban J connectivity index is 1.06. The second kappa shape index (κ2) is 14.5. The van der Waals surface area contributed by atoms with E-state index in [1.807, 2.05) is 17.9 Å². The van der Waals surface area contributed by atoms with Crippen LogP contribution in [0.4, 0.5) is 5.82 Å². The molecule has 4 heterocycles. The minimum Gasteiger partial charge on any atom is -0.485 e. The predicted octanol–water partition coefficient (Wildman–Crippen LogP) is 3.31. The zero-order chi connectivity index (χ0) is 30.2. The number of fused-ring (bicyclic) bond motifs is 1. The summed E-state index contributed by atoms with van der Waals surface area (Å²) in [6.45, 7) is 8.07. The van der Waals surface area contributed by atoms with Gasteiger partial charge in [-0.2, -0.15) is 0 Å². The molecule has 1 atom stereocenters. The zero-order valence-corrected chi connectivity index (χ0v) is 25.1. The van der Waals surface area contributed by atoms with Crippen molar-refractivity contribution in [1.82, 2.24) is 25.1 Å². The summed E-state index contributed by atoms with van der Waals surface area (Å²) in [6.07, 6.45) is 7.98. The molecular weight excluding hydrogens is 548 g/mol. The van der Waals surface area contributed by atoms with Gasteiger partial charge in [-0.1, -0.05) is 13.0 Å². The van der Waals surface area contributed by atoms with E-state index in [9.17, 15) is 14.7 Å². The fourth-order valence-corrected chi connectivity index (χ4v) is 5.83. The third-order valence-electron chi connectivity index (χ3n) is 8.22. The lowest BCUT2D eigenvalue weighted by atomic mass is 9.94. The molecule has 1 fully saturated rings. The number of oxazole rings is 1. The lowest BCUT2D eigenvalue weighted by Crippen LogP contribution is -2.42. The van der Waals surface area contributed by atoms with E-state index in [4.69, 9.17) is 9.15 Å². The molecule has 2 aliphatic rings. The number of carbonyl (C=O) groups is 2. The van der Waals surface area contributed by atoms with Crippen LogP contribution in [-0.4, -0.2) is 81.6 Å². The highest BCUT2D eigenvalue weighted by molar-refractivity contribution is 5.94. The average molecular weight is 591 g/mol. The Labute approximate surface area is 252 Å². The van der Waals surface area contributed by atoms with Crippen LogP contribution in [-0.2, 0) is 24.4 Å². The summed E-state index contributed by atoms with van der Waals surface area (Å²) in [5.41, 5.74) is 4.13. The fraction of sp³-hybridized carbons (Fsp3) is 0.500. The molecule has 1 unspecified atom stereocenters.